The highest BCUT2D eigenvalue weighted by Gasteiger charge is 2.35. The first-order valence-corrected chi connectivity index (χ1v) is 8.18. The first kappa shape index (κ1) is 14.1. The van der Waals surface area contributed by atoms with Crippen molar-refractivity contribution in [2.45, 2.75) is 13.5 Å². The van der Waals surface area contributed by atoms with Gasteiger partial charge in [-0.15, -0.1) is 11.3 Å². The van der Waals surface area contributed by atoms with Gasteiger partial charge in [-0.05, 0) is 47.3 Å². The van der Waals surface area contributed by atoms with Gasteiger partial charge in [0.2, 0.25) is 0 Å². The minimum atomic E-state index is -0.207. The SMILES string of the molecule is Cc1ccsc1C=C1SC(=O)N(Cc2ccccc2)C1=O. The molecule has 0 N–H and O–H groups in total. The Hall–Kier alpha value is -1.85. The second-order valence-corrected chi connectivity index (χ2v) is 6.66. The van der Waals surface area contributed by atoms with Crippen LogP contribution < -0.4 is 0 Å². The van der Waals surface area contributed by atoms with Crippen molar-refractivity contribution in [2.24, 2.45) is 0 Å². The number of thiophene rings is 1. The number of aryl methyl sites for hydroxylation is 1. The molecule has 1 saturated heterocycles. The van der Waals surface area contributed by atoms with Gasteiger partial charge in [-0.2, -0.15) is 0 Å². The van der Waals surface area contributed by atoms with E-state index in [0.29, 0.717) is 11.4 Å². The number of rotatable bonds is 3. The lowest BCUT2D eigenvalue weighted by Gasteiger charge is -2.12. The summed E-state index contributed by atoms with van der Waals surface area (Å²) in [6.45, 7) is 2.32. The lowest BCUT2D eigenvalue weighted by Crippen LogP contribution is -2.27. The third-order valence-electron chi connectivity index (χ3n) is 3.22. The van der Waals surface area contributed by atoms with Gasteiger partial charge in [-0.1, -0.05) is 30.3 Å². The van der Waals surface area contributed by atoms with Gasteiger partial charge in [0.15, 0.2) is 0 Å². The molecule has 0 saturated carbocycles. The quantitative estimate of drug-likeness (QED) is 0.793. The Morgan fingerprint density at radius 3 is 2.57 bits per heavy atom. The van der Waals surface area contributed by atoms with Crippen LogP contribution in [0.5, 0.6) is 0 Å². The van der Waals surface area contributed by atoms with Crippen molar-refractivity contribution >= 4 is 40.3 Å². The van der Waals surface area contributed by atoms with Crippen molar-refractivity contribution < 1.29 is 9.59 Å². The van der Waals surface area contributed by atoms with Crippen LogP contribution in [0.15, 0.2) is 46.7 Å². The molecule has 5 heteroatoms. The molecular weight excluding hydrogens is 302 g/mol. The van der Waals surface area contributed by atoms with Crippen LogP contribution in [0.1, 0.15) is 16.0 Å². The summed E-state index contributed by atoms with van der Waals surface area (Å²) >= 11 is 2.59. The molecule has 0 atom stereocenters. The predicted octanol–water partition coefficient (Wildman–Crippen LogP) is 4.29. The molecule has 0 radical (unpaired) electrons. The van der Waals surface area contributed by atoms with Crippen molar-refractivity contribution in [1.82, 2.24) is 4.90 Å². The largest absolute Gasteiger partial charge is 0.293 e. The third kappa shape index (κ3) is 2.94. The third-order valence-corrected chi connectivity index (χ3v) is 5.09. The van der Waals surface area contributed by atoms with Crippen molar-refractivity contribution in [3.63, 3.8) is 0 Å². The van der Waals surface area contributed by atoms with E-state index in [0.717, 1.165) is 27.8 Å². The minimum absolute atomic E-state index is 0.204. The molecule has 3 nitrogen and oxygen atoms in total. The fraction of sp³-hybridized carbons (Fsp3) is 0.125. The van der Waals surface area contributed by atoms with E-state index in [9.17, 15) is 9.59 Å². The average molecular weight is 315 g/mol. The van der Waals surface area contributed by atoms with Gasteiger partial charge in [-0.3, -0.25) is 14.5 Å². The average Bonchev–Trinajstić information content (AvgIpc) is 2.99. The molecule has 1 aliphatic rings. The maximum absolute atomic E-state index is 12.4. The normalized spacial score (nSPS) is 17.0. The van der Waals surface area contributed by atoms with E-state index in [2.05, 4.69) is 0 Å². The molecule has 0 unspecified atom stereocenters. The zero-order chi connectivity index (χ0) is 14.8. The van der Waals surface area contributed by atoms with Gasteiger partial charge in [0.05, 0.1) is 11.4 Å². The van der Waals surface area contributed by atoms with Crippen LogP contribution in [-0.2, 0) is 11.3 Å². The highest BCUT2D eigenvalue weighted by molar-refractivity contribution is 8.18. The summed E-state index contributed by atoms with van der Waals surface area (Å²) in [7, 11) is 0. The number of amides is 2. The summed E-state index contributed by atoms with van der Waals surface area (Å²) in [6.07, 6.45) is 1.82. The van der Waals surface area contributed by atoms with Crippen molar-refractivity contribution in [3.8, 4) is 0 Å². The fourth-order valence-corrected chi connectivity index (χ4v) is 3.81. The molecule has 2 heterocycles. The summed E-state index contributed by atoms with van der Waals surface area (Å²) in [4.78, 5) is 27.3. The highest BCUT2D eigenvalue weighted by Crippen LogP contribution is 2.34. The second-order valence-electron chi connectivity index (χ2n) is 4.72. The molecule has 2 amide bonds. The standard InChI is InChI=1S/C16H13NO2S2/c1-11-7-8-20-13(11)9-14-15(18)17(16(19)21-14)10-12-5-3-2-4-6-12/h2-9H,10H2,1H3. The van der Waals surface area contributed by atoms with Gasteiger partial charge >= 0.3 is 0 Å². The molecule has 0 spiro atoms. The lowest BCUT2D eigenvalue weighted by molar-refractivity contribution is -0.123. The van der Waals surface area contributed by atoms with Gasteiger partial charge in [0, 0.05) is 4.88 Å². The number of hydrogen-bond acceptors (Lipinski definition) is 4. The van der Waals surface area contributed by atoms with Crippen LogP contribution >= 0.6 is 23.1 Å². The van der Waals surface area contributed by atoms with Gasteiger partial charge in [0.25, 0.3) is 11.1 Å². The van der Waals surface area contributed by atoms with Crippen LogP contribution in [-0.4, -0.2) is 16.0 Å². The zero-order valence-corrected chi connectivity index (χ0v) is 13.0. The molecule has 106 valence electrons. The van der Waals surface area contributed by atoms with E-state index in [1.54, 1.807) is 11.3 Å². The molecule has 1 aliphatic heterocycles. The Morgan fingerprint density at radius 1 is 1.14 bits per heavy atom. The fourth-order valence-electron chi connectivity index (χ4n) is 2.05. The monoisotopic (exact) mass is 315 g/mol. The van der Waals surface area contributed by atoms with Crippen LogP contribution in [0.2, 0.25) is 0 Å². The number of imide groups is 1. The molecule has 3 rings (SSSR count). The summed E-state index contributed by atoms with van der Waals surface area (Å²) < 4.78 is 0. The van der Waals surface area contributed by atoms with E-state index >= 15 is 0 Å². The summed E-state index contributed by atoms with van der Waals surface area (Å²) in [5, 5.41) is 1.78. The number of carbonyl (C=O) groups excluding carboxylic acids is 2. The highest BCUT2D eigenvalue weighted by atomic mass is 32.2. The predicted molar refractivity (Wildman–Crippen MR) is 87.0 cm³/mol. The van der Waals surface area contributed by atoms with Crippen molar-refractivity contribution in [2.75, 3.05) is 0 Å². The number of nitrogens with zero attached hydrogens (tertiary/aromatic N) is 1. The summed E-state index contributed by atoms with van der Waals surface area (Å²) in [5.74, 6) is -0.207. The van der Waals surface area contributed by atoms with E-state index in [4.69, 9.17) is 0 Å². The molecule has 21 heavy (non-hydrogen) atoms. The minimum Gasteiger partial charge on any atom is -0.268 e. The van der Waals surface area contributed by atoms with Gasteiger partial charge in [0.1, 0.15) is 0 Å². The second kappa shape index (κ2) is 5.87. The smallest absolute Gasteiger partial charge is 0.268 e. The lowest BCUT2D eigenvalue weighted by atomic mass is 10.2. The number of hydrogen-bond donors (Lipinski definition) is 0. The molecule has 0 bridgehead atoms. The molecule has 1 fully saturated rings. The van der Waals surface area contributed by atoms with Crippen LogP contribution in [0.3, 0.4) is 0 Å². The number of benzene rings is 1. The van der Waals surface area contributed by atoms with Crippen LogP contribution in [0.4, 0.5) is 4.79 Å². The summed E-state index contributed by atoms with van der Waals surface area (Å²) in [5.41, 5.74) is 2.07. The van der Waals surface area contributed by atoms with Gasteiger partial charge in [-0.25, -0.2) is 0 Å². The zero-order valence-electron chi connectivity index (χ0n) is 11.4. The van der Waals surface area contributed by atoms with E-state index in [1.165, 1.54) is 4.90 Å². The first-order valence-electron chi connectivity index (χ1n) is 6.48. The number of thioether (sulfide) groups is 1. The van der Waals surface area contributed by atoms with Crippen molar-refractivity contribution in [3.05, 3.63) is 62.7 Å². The Morgan fingerprint density at radius 2 is 1.90 bits per heavy atom. The topological polar surface area (TPSA) is 37.4 Å². The van der Waals surface area contributed by atoms with E-state index in [-0.39, 0.29) is 11.1 Å². The maximum Gasteiger partial charge on any atom is 0.293 e. The Bertz CT molecular complexity index is 719. The summed E-state index contributed by atoms with van der Waals surface area (Å²) in [6, 6.07) is 11.5. The van der Waals surface area contributed by atoms with Gasteiger partial charge < -0.3 is 0 Å². The van der Waals surface area contributed by atoms with Crippen LogP contribution in [0.25, 0.3) is 6.08 Å². The molecule has 0 aliphatic carbocycles. The first-order chi connectivity index (χ1) is 10.1. The molecule has 2 aromatic rings. The van der Waals surface area contributed by atoms with Crippen molar-refractivity contribution in [1.29, 1.82) is 0 Å². The molecular formula is C16H13NO2S2. The number of carbonyl (C=O) groups is 2. The van der Waals surface area contributed by atoms with Crippen LogP contribution in [0, 0.1) is 6.92 Å². The van der Waals surface area contributed by atoms with E-state index < -0.39 is 0 Å². The van der Waals surface area contributed by atoms with E-state index in [1.807, 2.05) is 54.8 Å². The Labute approximate surface area is 131 Å². The maximum atomic E-state index is 12.4. The Kier molecular flexibility index (Phi) is 3.94. The molecule has 1 aromatic carbocycles. The molecule has 1 aromatic heterocycles. The Balaban J connectivity index is 1.83.